The highest BCUT2D eigenvalue weighted by Crippen LogP contribution is 2.29. The molecule has 2 bridgehead atoms. The zero-order chi connectivity index (χ0) is 25.2. The number of nitrogens with one attached hydrogen (secondary N) is 1. The number of hydrogen-bond donors (Lipinski definition) is 1. The van der Waals surface area contributed by atoms with E-state index in [1.807, 2.05) is 25.1 Å². The number of carbonyl (C=O) groups excluding carboxylic acids is 3. The van der Waals surface area contributed by atoms with Gasteiger partial charge < -0.3 is 24.4 Å². The van der Waals surface area contributed by atoms with Gasteiger partial charge in [-0.3, -0.25) is 4.79 Å². The Morgan fingerprint density at radius 1 is 1.20 bits per heavy atom. The van der Waals surface area contributed by atoms with Gasteiger partial charge in [-0.2, -0.15) is 0 Å². The van der Waals surface area contributed by atoms with Crippen LogP contribution in [0.2, 0.25) is 0 Å². The Bertz CT molecular complexity index is 860. The van der Waals surface area contributed by atoms with Gasteiger partial charge in [0.2, 0.25) is 5.91 Å². The number of fused-ring (bicyclic) bond motifs is 3. The van der Waals surface area contributed by atoms with Crippen LogP contribution in [-0.4, -0.2) is 61.3 Å². The van der Waals surface area contributed by atoms with Crippen molar-refractivity contribution in [3.63, 3.8) is 0 Å². The van der Waals surface area contributed by atoms with Crippen LogP contribution in [0.4, 0.5) is 4.79 Å². The molecule has 194 valence electrons. The van der Waals surface area contributed by atoms with E-state index < -0.39 is 24.1 Å². The normalized spacial score (nSPS) is 26.4. The van der Waals surface area contributed by atoms with Gasteiger partial charge in [-0.25, -0.2) is 9.59 Å². The van der Waals surface area contributed by atoms with E-state index in [1.54, 1.807) is 0 Å². The topological polar surface area (TPSA) is 94.2 Å². The minimum atomic E-state index is -0.764. The first-order chi connectivity index (χ1) is 16.9. The fraction of sp³-hybridized carbons (Fsp3) is 0.667. The summed E-state index contributed by atoms with van der Waals surface area (Å²) in [6.07, 6.45) is 6.30. The highest BCUT2D eigenvalue weighted by molar-refractivity contribution is 5.90. The Labute approximate surface area is 208 Å². The second-order valence-corrected chi connectivity index (χ2v) is 9.75. The minimum absolute atomic E-state index is 0.252. The van der Waals surface area contributed by atoms with Gasteiger partial charge in [0.1, 0.15) is 23.9 Å². The van der Waals surface area contributed by atoms with Crippen molar-refractivity contribution in [1.82, 2.24) is 10.2 Å². The molecule has 8 nitrogen and oxygen atoms in total. The van der Waals surface area contributed by atoms with E-state index in [4.69, 9.17) is 14.2 Å². The van der Waals surface area contributed by atoms with Crippen molar-refractivity contribution in [3.05, 3.63) is 29.8 Å². The van der Waals surface area contributed by atoms with E-state index in [9.17, 15) is 14.4 Å². The van der Waals surface area contributed by atoms with E-state index >= 15 is 0 Å². The van der Waals surface area contributed by atoms with Gasteiger partial charge in [0.25, 0.3) is 0 Å². The molecule has 0 aliphatic carbocycles. The molecule has 0 radical (unpaired) electrons. The Hall–Kier alpha value is -2.77. The molecular weight excluding hydrogens is 448 g/mol. The fourth-order valence-corrected chi connectivity index (χ4v) is 4.92. The van der Waals surface area contributed by atoms with Crippen LogP contribution in [0.15, 0.2) is 24.3 Å². The molecule has 1 N–H and O–H groups in total. The number of benzene rings is 1. The number of cyclic esters (lactones) is 1. The maximum Gasteiger partial charge on any atom is 0.407 e. The van der Waals surface area contributed by atoms with Crippen LogP contribution in [-0.2, 0) is 25.5 Å². The summed E-state index contributed by atoms with van der Waals surface area (Å²) in [5.74, 6) is 0.494. The van der Waals surface area contributed by atoms with Crippen LogP contribution in [0.3, 0.4) is 0 Å². The molecule has 4 atom stereocenters. The van der Waals surface area contributed by atoms with Crippen LogP contribution in [0, 0.1) is 5.92 Å². The van der Waals surface area contributed by atoms with E-state index in [0.717, 1.165) is 56.3 Å². The Morgan fingerprint density at radius 2 is 2.00 bits per heavy atom. The van der Waals surface area contributed by atoms with Crippen molar-refractivity contribution in [2.45, 2.75) is 89.8 Å². The lowest BCUT2D eigenvalue weighted by atomic mass is 9.95. The van der Waals surface area contributed by atoms with Crippen molar-refractivity contribution in [1.29, 1.82) is 0 Å². The highest BCUT2D eigenvalue weighted by atomic mass is 16.5. The summed E-state index contributed by atoms with van der Waals surface area (Å²) in [4.78, 5) is 40.1. The quantitative estimate of drug-likeness (QED) is 0.637. The standard InChI is InChI=1S/C27H40N2O6/c1-4-5-13-22-25(30)29-18-21(17-23(29)26(31)33-3)35-24-14-9-8-12-20(24)16-19(2)11-7-6-10-15-34-27(32)28-22/h8-9,12,14,19,21-23H,4-7,10-11,13,15-18H2,1-3H3,(H,28,32)/t19?,21-,22+,23+/m1/s1. The second-order valence-electron chi connectivity index (χ2n) is 9.75. The van der Waals surface area contributed by atoms with Crippen LogP contribution >= 0.6 is 0 Å². The summed E-state index contributed by atoms with van der Waals surface area (Å²) >= 11 is 0. The molecule has 1 aromatic carbocycles. The molecule has 8 heteroatoms. The first-order valence-corrected chi connectivity index (χ1v) is 13.0. The van der Waals surface area contributed by atoms with E-state index in [2.05, 4.69) is 18.3 Å². The van der Waals surface area contributed by atoms with Crippen molar-refractivity contribution in [3.8, 4) is 5.75 Å². The fourth-order valence-electron chi connectivity index (χ4n) is 4.92. The van der Waals surface area contributed by atoms with E-state index in [0.29, 0.717) is 25.4 Å². The van der Waals surface area contributed by atoms with E-state index in [-0.39, 0.29) is 18.6 Å². The molecule has 2 aliphatic rings. The lowest BCUT2D eigenvalue weighted by Crippen LogP contribution is -2.52. The third kappa shape index (κ3) is 7.61. The van der Waals surface area contributed by atoms with Crippen LogP contribution in [0.25, 0.3) is 0 Å². The first-order valence-electron chi connectivity index (χ1n) is 13.0. The predicted molar refractivity (Wildman–Crippen MR) is 132 cm³/mol. The second kappa shape index (κ2) is 13.4. The summed E-state index contributed by atoms with van der Waals surface area (Å²) in [6, 6.07) is 6.49. The summed E-state index contributed by atoms with van der Waals surface area (Å²) < 4.78 is 16.7. The molecule has 1 unspecified atom stereocenters. The number of ether oxygens (including phenoxy) is 3. The summed E-state index contributed by atoms with van der Waals surface area (Å²) in [5.41, 5.74) is 1.14. The Balaban J connectivity index is 1.87. The van der Waals surface area contributed by atoms with E-state index in [1.165, 1.54) is 12.0 Å². The number of methoxy groups -OCH3 is 1. The molecule has 0 spiro atoms. The lowest BCUT2D eigenvalue weighted by molar-refractivity contribution is -0.151. The van der Waals surface area contributed by atoms with Crippen LogP contribution in [0.1, 0.15) is 70.8 Å². The zero-order valence-corrected chi connectivity index (χ0v) is 21.3. The van der Waals surface area contributed by atoms with Crippen LogP contribution in [0.5, 0.6) is 5.75 Å². The van der Waals surface area contributed by atoms with Crippen molar-refractivity contribution in [2.75, 3.05) is 20.3 Å². The number of esters is 1. The number of nitrogens with zero attached hydrogens (tertiary/aromatic N) is 1. The van der Waals surface area contributed by atoms with Gasteiger partial charge in [0.05, 0.1) is 20.3 Å². The van der Waals surface area contributed by atoms with Gasteiger partial charge in [-0.1, -0.05) is 64.2 Å². The molecule has 1 saturated heterocycles. The molecule has 2 amide bonds. The monoisotopic (exact) mass is 488 g/mol. The van der Waals surface area contributed by atoms with Gasteiger partial charge in [0.15, 0.2) is 0 Å². The maximum absolute atomic E-state index is 13.6. The van der Waals surface area contributed by atoms with Gasteiger partial charge in [0, 0.05) is 6.42 Å². The number of para-hydroxylation sites is 1. The molecule has 0 aromatic heterocycles. The first kappa shape index (κ1) is 26.8. The Morgan fingerprint density at radius 3 is 2.77 bits per heavy atom. The minimum Gasteiger partial charge on any atom is -0.488 e. The summed E-state index contributed by atoms with van der Waals surface area (Å²) in [7, 11) is 1.32. The largest absolute Gasteiger partial charge is 0.488 e. The number of alkyl carbamates (subject to hydrolysis) is 1. The lowest BCUT2D eigenvalue weighted by Gasteiger charge is -2.27. The zero-order valence-electron chi connectivity index (χ0n) is 21.3. The number of amides is 2. The predicted octanol–water partition coefficient (Wildman–Crippen LogP) is 4.25. The average Bonchev–Trinajstić information content (AvgIpc) is 3.27. The molecular formula is C27H40N2O6. The molecule has 2 aliphatic heterocycles. The molecule has 2 heterocycles. The highest BCUT2D eigenvalue weighted by Gasteiger charge is 2.43. The average molecular weight is 489 g/mol. The summed E-state index contributed by atoms with van der Waals surface area (Å²) in [5, 5.41) is 2.74. The third-order valence-corrected chi connectivity index (χ3v) is 6.86. The third-order valence-electron chi connectivity index (χ3n) is 6.86. The van der Waals surface area contributed by atoms with Gasteiger partial charge in [-0.05, 0) is 36.8 Å². The number of carbonyl (C=O) groups is 3. The molecule has 0 saturated carbocycles. The molecule has 1 fully saturated rings. The molecule has 35 heavy (non-hydrogen) atoms. The van der Waals surface area contributed by atoms with Crippen molar-refractivity contribution < 1.29 is 28.6 Å². The number of rotatable bonds is 4. The SMILES string of the molecule is CCCC[C@@H]1NC(=O)OCCCCCC(C)Cc2ccccc2O[C@@H]2C[C@@H](C(=O)OC)N(C2)C1=O. The molecule has 3 rings (SSSR count). The van der Waals surface area contributed by atoms with Crippen molar-refractivity contribution in [2.24, 2.45) is 5.92 Å². The maximum atomic E-state index is 13.6. The number of hydrogen-bond acceptors (Lipinski definition) is 6. The number of unbranched alkanes of at least 4 members (excludes halogenated alkanes) is 1. The summed E-state index contributed by atoms with van der Waals surface area (Å²) in [6.45, 7) is 4.84. The molecule has 1 aromatic rings. The Kier molecular flexibility index (Phi) is 10.2. The smallest absolute Gasteiger partial charge is 0.407 e. The van der Waals surface area contributed by atoms with Gasteiger partial charge >= 0.3 is 12.1 Å². The van der Waals surface area contributed by atoms with Crippen LogP contribution < -0.4 is 10.1 Å². The van der Waals surface area contributed by atoms with Gasteiger partial charge in [-0.15, -0.1) is 0 Å². The van der Waals surface area contributed by atoms with Crippen molar-refractivity contribution >= 4 is 18.0 Å².